The lowest BCUT2D eigenvalue weighted by Gasteiger charge is -2.13. The fourth-order valence-electron chi connectivity index (χ4n) is 1.69. The maximum Gasteiger partial charge on any atom is 0.269 e. The molecule has 2 rings (SSSR count). The van der Waals surface area contributed by atoms with Gasteiger partial charge in [-0.2, -0.15) is 0 Å². The molecular weight excluding hydrogens is 256 g/mol. The van der Waals surface area contributed by atoms with Crippen molar-refractivity contribution < 1.29 is 14.3 Å². The van der Waals surface area contributed by atoms with Crippen LogP contribution in [0.3, 0.4) is 0 Å². The van der Waals surface area contributed by atoms with E-state index in [0.717, 1.165) is 0 Å². The zero-order valence-corrected chi connectivity index (χ0v) is 11.3. The number of ether oxygens (including phenoxy) is 2. The lowest BCUT2D eigenvalue weighted by atomic mass is 10.2. The number of amides is 1. The van der Waals surface area contributed by atoms with E-state index < -0.39 is 0 Å². The van der Waals surface area contributed by atoms with E-state index in [1.165, 1.54) is 0 Å². The Balaban J connectivity index is 2.05. The predicted molar refractivity (Wildman–Crippen MR) is 77.1 cm³/mol. The Bertz CT molecular complexity index is 585. The van der Waals surface area contributed by atoms with Crippen LogP contribution in [0.4, 0.5) is 5.69 Å². The normalized spacial score (nSPS) is 9.70. The van der Waals surface area contributed by atoms with E-state index in [9.17, 15) is 4.79 Å². The molecule has 0 spiro atoms. The highest BCUT2D eigenvalue weighted by Gasteiger charge is 2.07. The Kier molecular flexibility index (Phi) is 4.44. The van der Waals surface area contributed by atoms with Gasteiger partial charge in [-0.3, -0.25) is 15.6 Å². The van der Waals surface area contributed by atoms with Crippen molar-refractivity contribution in [2.45, 2.75) is 0 Å². The number of anilines is 1. The minimum Gasteiger partial charge on any atom is -0.497 e. The SMILES string of the molecule is COc1ccc(NNC(=O)c2ccccc2)c(OC)c1. The van der Waals surface area contributed by atoms with Crippen molar-refractivity contribution in [1.29, 1.82) is 0 Å². The van der Waals surface area contributed by atoms with Gasteiger partial charge in [-0.1, -0.05) is 18.2 Å². The van der Waals surface area contributed by atoms with Crippen LogP contribution >= 0.6 is 0 Å². The average Bonchev–Trinajstić information content (AvgIpc) is 2.53. The molecule has 0 unspecified atom stereocenters. The number of carbonyl (C=O) groups excluding carboxylic acids is 1. The third-order valence-electron chi connectivity index (χ3n) is 2.76. The lowest BCUT2D eigenvalue weighted by molar-refractivity contribution is 0.0962. The van der Waals surface area contributed by atoms with E-state index in [-0.39, 0.29) is 5.91 Å². The van der Waals surface area contributed by atoms with Crippen molar-refractivity contribution in [2.75, 3.05) is 19.6 Å². The minimum atomic E-state index is -0.219. The zero-order chi connectivity index (χ0) is 14.4. The van der Waals surface area contributed by atoms with Crippen molar-refractivity contribution in [1.82, 2.24) is 5.43 Å². The number of hydrogen-bond donors (Lipinski definition) is 2. The van der Waals surface area contributed by atoms with Gasteiger partial charge in [0, 0.05) is 11.6 Å². The summed E-state index contributed by atoms with van der Waals surface area (Å²) in [7, 11) is 3.14. The third kappa shape index (κ3) is 3.20. The molecule has 2 N–H and O–H groups in total. The Hall–Kier alpha value is -2.69. The summed E-state index contributed by atoms with van der Waals surface area (Å²) in [5.41, 5.74) is 6.68. The largest absolute Gasteiger partial charge is 0.497 e. The van der Waals surface area contributed by atoms with Crippen molar-refractivity contribution in [3.05, 3.63) is 54.1 Å². The van der Waals surface area contributed by atoms with Crippen LogP contribution in [0, 0.1) is 0 Å². The number of nitrogens with one attached hydrogen (secondary N) is 2. The molecule has 0 aliphatic heterocycles. The molecular formula is C15H16N2O3. The summed E-state index contributed by atoms with van der Waals surface area (Å²) < 4.78 is 10.3. The van der Waals surface area contributed by atoms with Gasteiger partial charge in [0.1, 0.15) is 11.5 Å². The summed E-state index contributed by atoms with van der Waals surface area (Å²) in [6.45, 7) is 0. The topological polar surface area (TPSA) is 59.6 Å². The van der Waals surface area contributed by atoms with Gasteiger partial charge in [-0.05, 0) is 24.3 Å². The molecule has 0 radical (unpaired) electrons. The molecule has 5 heteroatoms. The van der Waals surface area contributed by atoms with E-state index in [1.807, 2.05) is 18.2 Å². The van der Waals surface area contributed by atoms with E-state index >= 15 is 0 Å². The van der Waals surface area contributed by atoms with Gasteiger partial charge in [-0.25, -0.2) is 0 Å². The summed E-state index contributed by atoms with van der Waals surface area (Å²) in [6.07, 6.45) is 0. The highest BCUT2D eigenvalue weighted by molar-refractivity contribution is 5.94. The molecule has 0 heterocycles. The van der Waals surface area contributed by atoms with Crippen LogP contribution < -0.4 is 20.3 Å². The summed E-state index contributed by atoms with van der Waals surface area (Å²) in [5.74, 6) is 1.04. The Morgan fingerprint density at radius 1 is 1.00 bits per heavy atom. The fraction of sp³-hybridized carbons (Fsp3) is 0.133. The van der Waals surface area contributed by atoms with Crippen LogP contribution in [-0.2, 0) is 0 Å². The number of carbonyl (C=O) groups is 1. The monoisotopic (exact) mass is 272 g/mol. The Morgan fingerprint density at radius 2 is 1.75 bits per heavy atom. The van der Waals surface area contributed by atoms with Crippen molar-refractivity contribution in [2.24, 2.45) is 0 Å². The maximum absolute atomic E-state index is 11.9. The number of methoxy groups -OCH3 is 2. The van der Waals surface area contributed by atoms with E-state index in [1.54, 1.807) is 44.6 Å². The molecule has 5 nitrogen and oxygen atoms in total. The predicted octanol–water partition coefficient (Wildman–Crippen LogP) is 2.46. The van der Waals surface area contributed by atoms with Crippen molar-refractivity contribution in [3.63, 3.8) is 0 Å². The summed E-state index contributed by atoms with van der Waals surface area (Å²) in [5, 5.41) is 0. The van der Waals surface area contributed by atoms with Gasteiger partial charge in [0.2, 0.25) is 0 Å². The van der Waals surface area contributed by atoms with Crippen LogP contribution in [0.1, 0.15) is 10.4 Å². The molecule has 0 bridgehead atoms. The van der Waals surface area contributed by atoms with Crippen molar-refractivity contribution in [3.8, 4) is 11.5 Å². The quantitative estimate of drug-likeness (QED) is 0.821. The molecule has 0 aliphatic rings. The van der Waals surface area contributed by atoms with Gasteiger partial charge in [0.15, 0.2) is 0 Å². The molecule has 0 saturated carbocycles. The lowest BCUT2D eigenvalue weighted by Crippen LogP contribution is -2.29. The van der Waals surface area contributed by atoms with Crippen LogP contribution in [0.2, 0.25) is 0 Å². The molecule has 2 aromatic carbocycles. The summed E-state index contributed by atoms with van der Waals surface area (Å²) in [6, 6.07) is 14.2. The zero-order valence-electron chi connectivity index (χ0n) is 11.3. The number of hydrogen-bond acceptors (Lipinski definition) is 4. The first-order valence-electron chi connectivity index (χ1n) is 6.08. The van der Waals surface area contributed by atoms with Crippen LogP contribution in [0.5, 0.6) is 11.5 Å². The Labute approximate surface area is 117 Å². The third-order valence-corrected chi connectivity index (χ3v) is 2.76. The Morgan fingerprint density at radius 3 is 2.40 bits per heavy atom. The molecule has 20 heavy (non-hydrogen) atoms. The maximum atomic E-state index is 11.9. The van der Waals surface area contributed by atoms with E-state index in [2.05, 4.69) is 10.9 Å². The number of hydrazine groups is 1. The molecule has 0 aliphatic carbocycles. The molecule has 0 aromatic heterocycles. The van der Waals surface area contributed by atoms with Gasteiger partial charge >= 0.3 is 0 Å². The average molecular weight is 272 g/mol. The standard InChI is InChI=1S/C15H16N2O3/c1-19-12-8-9-13(14(10-12)20-2)16-17-15(18)11-6-4-3-5-7-11/h3-10,16H,1-2H3,(H,17,18). The summed E-state index contributed by atoms with van der Waals surface area (Å²) >= 11 is 0. The highest BCUT2D eigenvalue weighted by atomic mass is 16.5. The molecule has 0 saturated heterocycles. The highest BCUT2D eigenvalue weighted by Crippen LogP contribution is 2.28. The van der Waals surface area contributed by atoms with Gasteiger partial charge in [0.25, 0.3) is 5.91 Å². The summed E-state index contributed by atoms with van der Waals surface area (Å²) in [4.78, 5) is 11.9. The molecule has 0 fully saturated rings. The first kappa shape index (κ1) is 13.7. The second-order valence-electron chi connectivity index (χ2n) is 4.01. The molecule has 104 valence electrons. The molecule has 0 atom stereocenters. The van der Waals surface area contributed by atoms with Gasteiger partial charge in [0.05, 0.1) is 19.9 Å². The smallest absolute Gasteiger partial charge is 0.269 e. The fourth-order valence-corrected chi connectivity index (χ4v) is 1.69. The van der Waals surface area contributed by atoms with Gasteiger partial charge < -0.3 is 9.47 Å². The van der Waals surface area contributed by atoms with Crippen molar-refractivity contribution >= 4 is 11.6 Å². The first-order valence-corrected chi connectivity index (χ1v) is 6.08. The van der Waals surface area contributed by atoms with E-state index in [0.29, 0.717) is 22.7 Å². The number of benzene rings is 2. The molecule has 2 aromatic rings. The van der Waals surface area contributed by atoms with Crippen LogP contribution in [0.15, 0.2) is 48.5 Å². The van der Waals surface area contributed by atoms with Crippen LogP contribution in [-0.4, -0.2) is 20.1 Å². The second-order valence-corrected chi connectivity index (χ2v) is 4.01. The molecule has 1 amide bonds. The number of rotatable bonds is 5. The first-order chi connectivity index (χ1) is 9.74. The van der Waals surface area contributed by atoms with E-state index in [4.69, 9.17) is 9.47 Å². The van der Waals surface area contributed by atoms with Gasteiger partial charge in [-0.15, -0.1) is 0 Å². The second kappa shape index (κ2) is 6.47. The van der Waals surface area contributed by atoms with Crippen LogP contribution in [0.25, 0.3) is 0 Å². The minimum absolute atomic E-state index is 0.219.